The number of piperazine rings is 1. The standard InChI is InChI=1S/C33H35ClF4N6O2.C2H3N/c1-20(35)31(45)42-16-14-41(15-17-42)30-22-9-13-43(25-5-2-4-21-6-7-23(36)28(34)27(21)25)18-24(22)39-32(40-30)46-19-33-10-3-12-44(33)26(8-11-33)29(37)38;1-2-3/h2,4-7,26,29H,1,3,8-19H2;1H3. The molecule has 3 saturated heterocycles. The van der Waals surface area contributed by atoms with Gasteiger partial charge in [-0.1, -0.05) is 36.4 Å². The third kappa shape index (κ3) is 6.73. The zero-order valence-electron chi connectivity index (χ0n) is 27.3. The maximum absolute atomic E-state index is 14.6. The van der Waals surface area contributed by atoms with Gasteiger partial charge in [-0.25, -0.2) is 17.6 Å². The summed E-state index contributed by atoms with van der Waals surface area (Å²) in [6, 6.07) is 9.94. The number of fused-ring (bicyclic) bond motifs is 3. The van der Waals surface area contributed by atoms with Gasteiger partial charge in [-0.3, -0.25) is 9.69 Å². The Hall–Kier alpha value is -4.15. The number of ether oxygens (including phenoxy) is 1. The van der Waals surface area contributed by atoms with E-state index >= 15 is 0 Å². The predicted molar refractivity (Wildman–Crippen MR) is 179 cm³/mol. The molecule has 0 spiro atoms. The lowest BCUT2D eigenvalue weighted by atomic mass is 9.95. The summed E-state index contributed by atoms with van der Waals surface area (Å²) in [7, 11) is 0. The molecule has 2 aromatic carbocycles. The zero-order chi connectivity index (χ0) is 34.9. The van der Waals surface area contributed by atoms with Crippen molar-refractivity contribution in [1.29, 1.82) is 5.26 Å². The molecule has 7 rings (SSSR count). The van der Waals surface area contributed by atoms with Gasteiger partial charge < -0.3 is 19.4 Å². The Bertz CT molecular complexity index is 1780. The molecule has 49 heavy (non-hydrogen) atoms. The number of benzene rings is 2. The molecule has 0 N–H and O–H groups in total. The second kappa shape index (κ2) is 14.4. The first kappa shape index (κ1) is 34.7. The molecule has 4 aliphatic rings. The number of rotatable bonds is 7. The molecule has 3 fully saturated rings. The Morgan fingerprint density at radius 2 is 1.88 bits per heavy atom. The number of carbonyl (C=O) groups is 1. The van der Waals surface area contributed by atoms with E-state index in [9.17, 15) is 22.4 Å². The minimum absolute atomic E-state index is 0.0636. The van der Waals surface area contributed by atoms with E-state index in [-0.39, 0.29) is 17.6 Å². The third-order valence-electron chi connectivity index (χ3n) is 10.1. The molecule has 1 aromatic heterocycles. The maximum atomic E-state index is 14.6. The van der Waals surface area contributed by atoms with Crippen molar-refractivity contribution < 1.29 is 27.1 Å². The number of anilines is 2. The Morgan fingerprint density at radius 1 is 1.12 bits per heavy atom. The lowest BCUT2D eigenvalue weighted by molar-refractivity contribution is -0.128. The van der Waals surface area contributed by atoms with E-state index in [1.54, 1.807) is 12.1 Å². The van der Waals surface area contributed by atoms with E-state index in [2.05, 4.69) is 16.4 Å². The Balaban J connectivity index is 0.00000134. The molecular weight excluding hydrogens is 662 g/mol. The van der Waals surface area contributed by atoms with Crippen LogP contribution in [0, 0.1) is 17.1 Å². The molecule has 5 heterocycles. The molecule has 2 atom stereocenters. The van der Waals surface area contributed by atoms with Gasteiger partial charge in [0, 0.05) is 56.3 Å². The molecule has 0 aliphatic carbocycles. The van der Waals surface area contributed by atoms with E-state index in [4.69, 9.17) is 31.6 Å². The van der Waals surface area contributed by atoms with E-state index in [0.717, 1.165) is 35.2 Å². The quantitative estimate of drug-likeness (QED) is 0.210. The van der Waals surface area contributed by atoms with Gasteiger partial charge in [0.05, 0.1) is 34.9 Å². The average molecular weight is 700 g/mol. The number of carbonyl (C=O) groups excluding carboxylic acids is 1. The summed E-state index contributed by atoms with van der Waals surface area (Å²) in [6.07, 6.45) is 0.837. The number of hydrogen-bond acceptors (Lipinski definition) is 8. The minimum Gasteiger partial charge on any atom is -0.461 e. The molecule has 0 radical (unpaired) electrons. The van der Waals surface area contributed by atoms with Gasteiger partial charge >= 0.3 is 6.01 Å². The van der Waals surface area contributed by atoms with Crippen molar-refractivity contribution >= 4 is 39.8 Å². The molecule has 4 aliphatic heterocycles. The van der Waals surface area contributed by atoms with Crippen LogP contribution in [0.4, 0.5) is 29.1 Å². The summed E-state index contributed by atoms with van der Waals surface area (Å²) >= 11 is 6.47. The highest BCUT2D eigenvalue weighted by molar-refractivity contribution is 6.36. The number of nitrogens with zero attached hydrogens (tertiary/aromatic N) is 7. The van der Waals surface area contributed by atoms with Crippen LogP contribution in [0.25, 0.3) is 10.8 Å². The Labute approximate surface area is 287 Å². The SMILES string of the molecule is C=C(F)C(=O)N1CCN(c2nc(OCC34CCCN3C(C(F)F)CC4)nc3c2CCN(c2cccc4ccc(F)c(Cl)c24)C3)CC1.CC#N. The van der Waals surface area contributed by atoms with Crippen LogP contribution in [0.3, 0.4) is 0 Å². The van der Waals surface area contributed by atoms with Crippen LogP contribution in [-0.2, 0) is 17.8 Å². The van der Waals surface area contributed by atoms with Gasteiger partial charge in [-0.15, -0.1) is 0 Å². The highest BCUT2D eigenvalue weighted by Gasteiger charge is 2.52. The number of amides is 1. The lowest BCUT2D eigenvalue weighted by Gasteiger charge is -2.38. The summed E-state index contributed by atoms with van der Waals surface area (Å²) in [5, 5.41) is 8.84. The van der Waals surface area contributed by atoms with E-state index in [1.165, 1.54) is 17.9 Å². The van der Waals surface area contributed by atoms with E-state index < -0.39 is 35.6 Å². The summed E-state index contributed by atoms with van der Waals surface area (Å²) in [5.74, 6) is -1.51. The number of nitriles is 1. The number of alkyl halides is 2. The second-order valence-electron chi connectivity index (χ2n) is 12.8. The first-order valence-corrected chi connectivity index (χ1v) is 16.8. The molecule has 2 unspecified atom stereocenters. The number of aromatic nitrogens is 2. The molecule has 1 amide bonds. The Morgan fingerprint density at radius 3 is 2.59 bits per heavy atom. The van der Waals surface area contributed by atoms with Crippen molar-refractivity contribution in [2.45, 2.75) is 63.6 Å². The summed E-state index contributed by atoms with van der Waals surface area (Å²) in [6.45, 7) is 7.84. The van der Waals surface area contributed by atoms with Gasteiger partial charge in [0.25, 0.3) is 12.3 Å². The van der Waals surface area contributed by atoms with E-state index in [0.29, 0.717) is 76.3 Å². The smallest absolute Gasteiger partial charge is 0.318 e. The van der Waals surface area contributed by atoms with Crippen LogP contribution in [0.5, 0.6) is 6.01 Å². The topological polar surface area (TPSA) is 88.8 Å². The fourth-order valence-electron chi connectivity index (χ4n) is 7.77. The predicted octanol–water partition coefficient (Wildman–Crippen LogP) is 6.29. The van der Waals surface area contributed by atoms with Crippen LogP contribution in [0.2, 0.25) is 5.02 Å². The molecule has 260 valence electrons. The molecule has 3 aromatic rings. The van der Waals surface area contributed by atoms with Crippen molar-refractivity contribution in [2.75, 3.05) is 55.7 Å². The maximum Gasteiger partial charge on any atom is 0.318 e. The monoisotopic (exact) mass is 699 g/mol. The number of hydrogen-bond donors (Lipinski definition) is 0. The van der Waals surface area contributed by atoms with Gasteiger partial charge in [-0.05, 0) is 56.2 Å². The molecular formula is C35H38ClF4N7O2. The zero-order valence-corrected chi connectivity index (χ0v) is 28.0. The lowest BCUT2D eigenvalue weighted by Crippen LogP contribution is -2.50. The van der Waals surface area contributed by atoms with Crippen molar-refractivity contribution in [1.82, 2.24) is 19.8 Å². The first-order chi connectivity index (χ1) is 23.6. The molecule has 14 heteroatoms. The van der Waals surface area contributed by atoms with Crippen molar-refractivity contribution in [2.24, 2.45) is 0 Å². The normalized spacial score (nSPS) is 22.0. The largest absolute Gasteiger partial charge is 0.461 e. The summed E-state index contributed by atoms with van der Waals surface area (Å²) < 4.78 is 62.0. The second-order valence-corrected chi connectivity index (χ2v) is 13.2. The van der Waals surface area contributed by atoms with Gasteiger partial charge in [0.15, 0.2) is 5.83 Å². The third-order valence-corrected chi connectivity index (χ3v) is 10.5. The van der Waals surface area contributed by atoms with Crippen LogP contribution < -0.4 is 14.5 Å². The van der Waals surface area contributed by atoms with Crippen LogP contribution in [0.15, 0.2) is 42.7 Å². The average Bonchev–Trinajstić information content (AvgIpc) is 3.67. The van der Waals surface area contributed by atoms with E-state index in [1.807, 2.05) is 23.1 Å². The van der Waals surface area contributed by atoms with Crippen LogP contribution >= 0.6 is 11.6 Å². The van der Waals surface area contributed by atoms with Crippen LogP contribution in [-0.4, -0.2) is 89.6 Å². The highest BCUT2D eigenvalue weighted by Crippen LogP contribution is 2.44. The molecule has 0 bridgehead atoms. The van der Waals surface area contributed by atoms with Crippen molar-refractivity contribution in [3.8, 4) is 12.1 Å². The van der Waals surface area contributed by atoms with Crippen LogP contribution in [0.1, 0.15) is 43.9 Å². The van der Waals surface area contributed by atoms with Crippen molar-refractivity contribution in [3.05, 3.63) is 64.8 Å². The fraction of sp³-hybridized carbons (Fsp3) is 0.486. The van der Waals surface area contributed by atoms with Gasteiger partial charge in [0.2, 0.25) is 0 Å². The first-order valence-electron chi connectivity index (χ1n) is 16.5. The minimum atomic E-state index is -2.41. The fourth-order valence-corrected chi connectivity index (χ4v) is 8.04. The van der Waals surface area contributed by atoms with Gasteiger partial charge in [-0.2, -0.15) is 15.2 Å². The molecule has 9 nitrogen and oxygen atoms in total. The highest BCUT2D eigenvalue weighted by atomic mass is 35.5. The van der Waals surface area contributed by atoms with Gasteiger partial charge in [0.1, 0.15) is 18.2 Å². The summed E-state index contributed by atoms with van der Waals surface area (Å²) in [5.41, 5.74) is 1.99. The Kier molecular flexibility index (Phi) is 10.2. The number of halogens is 5. The van der Waals surface area contributed by atoms with Crippen molar-refractivity contribution in [3.63, 3.8) is 0 Å². The summed E-state index contributed by atoms with van der Waals surface area (Å²) in [4.78, 5) is 29.4. The molecule has 0 saturated carbocycles.